The van der Waals surface area contributed by atoms with E-state index < -0.39 is 50.8 Å². The van der Waals surface area contributed by atoms with E-state index in [4.69, 9.17) is 0 Å². The second kappa shape index (κ2) is 8.84. The van der Waals surface area contributed by atoms with Crippen LogP contribution in [0.15, 0.2) is 29.2 Å². The van der Waals surface area contributed by atoms with Crippen LogP contribution >= 0.6 is 0 Å². The average Bonchev–Trinajstić information content (AvgIpc) is 2.64. The summed E-state index contributed by atoms with van der Waals surface area (Å²) in [6, 6.07) is 4.96. The molecule has 13 heteroatoms. The normalized spacial score (nSPS) is 16.2. The van der Waals surface area contributed by atoms with Gasteiger partial charge in [0.15, 0.2) is 4.90 Å². The summed E-state index contributed by atoms with van der Waals surface area (Å²) < 4.78 is 66.7. The molecule has 1 saturated heterocycles. The molecule has 156 valence electrons. The zero-order valence-corrected chi connectivity index (χ0v) is 15.4. The first-order valence-corrected chi connectivity index (χ1v) is 9.62. The molecule has 0 bridgehead atoms. The number of carbonyl (C=O) groups is 1. The van der Waals surface area contributed by atoms with Crippen LogP contribution in [0.5, 0.6) is 0 Å². The Balaban J connectivity index is 1.93. The highest BCUT2D eigenvalue weighted by atomic mass is 32.2. The molecule has 0 aromatic heterocycles. The Bertz CT molecular complexity index is 823. The summed E-state index contributed by atoms with van der Waals surface area (Å²) in [7, 11) is -4.12. The molecule has 0 aliphatic carbocycles. The number of rotatable bonds is 7. The largest absolute Gasteiger partial charge is 0.411 e. The number of para-hydroxylation sites is 1. The monoisotopic (exact) mass is 425 g/mol. The van der Waals surface area contributed by atoms with Crippen LogP contribution in [0.25, 0.3) is 0 Å². The van der Waals surface area contributed by atoms with Crippen molar-refractivity contribution in [2.24, 2.45) is 0 Å². The van der Waals surface area contributed by atoms with Crippen LogP contribution < -0.4 is 0 Å². The number of hydrogen-bond acceptors (Lipinski definition) is 6. The third-order valence-corrected chi connectivity index (χ3v) is 5.94. The van der Waals surface area contributed by atoms with Gasteiger partial charge in [-0.1, -0.05) is 12.1 Å². The van der Waals surface area contributed by atoms with Crippen molar-refractivity contribution < 1.29 is 36.0 Å². The second-order valence-corrected chi connectivity index (χ2v) is 7.83. The minimum atomic E-state index is -4.47. The summed E-state index contributed by atoms with van der Waals surface area (Å²) in [6.45, 7) is -1.95. The summed E-state index contributed by atoms with van der Waals surface area (Å²) >= 11 is 0. The van der Waals surface area contributed by atoms with Crippen molar-refractivity contribution in [2.75, 3.05) is 39.4 Å². The first-order chi connectivity index (χ1) is 13.0. The number of piperazine rings is 1. The number of halogens is 3. The number of carbonyl (C=O) groups excluding carboxylic acids is 1. The molecule has 1 heterocycles. The van der Waals surface area contributed by atoms with E-state index in [9.17, 15) is 36.5 Å². The van der Waals surface area contributed by atoms with Gasteiger partial charge < -0.3 is 9.64 Å². The second-order valence-electron chi connectivity index (χ2n) is 5.93. The Morgan fingerprint density at radius 3 is 2.36 bits per heavy atom. The fraction of sp³-hybridized carbons (Fsp3) is 0.533. The van der Waals surface area contributed by atoms with Crippen molar-refractivity contribution >= 4 is 21.6 Å². The highest BCUT2D eigenvalue weighted by Gasteiger charge is 2.34. The summed E-state index contributed by atoms with van der Waals surface area (Å²) in [5.41, 5.74) is -0.539. The van der Waals surface area contributed by atoms with E-state index >= 15 is 0 Å². The Kier molecular flexibility index (Phi) is 6.96. The Labute approximate surface area is 158 Å². The van der Waals surface area contributed by atoms with Gasteiger partial charge in [0.05, 0.1) is 18.0 Å². The molecule has 0 unspecified atom stereocenters. The molecule has 1 aliphatic heterocycles. The van der Waals surface area contributed by atoms with Gasteiger partial charge in [0, 0.05) is 32.2 Å². The number of nitro benzene ring substituents is 1. The van der Waals surface area contributed by atoms with E-state index in [0.717, 1.165) is 16.4 Å². The van der Waals surface area contributed by atoms with Gasteiger partial charge in [0.1, 0.15) is 6.61 Å². The fourth-order valence-electron chi connectivity index (χ4n) is 2.65. The van der Waals surface area contributed by atoms with Gasteiger partial charge in [-0.15, -0.1) is 0 Å². The quantitative estimate of drug-likeness (QED) is 0.371. The van der Waals surface area contributed by atoms with Gasteiger partial charge in [-0.3, -0.25) is 14.9 Å². The number of ether oxygens (including phenoxy) is 1. The molecule has 0 spiro atoms. The minimum Gasteiger partial charge on any atom is -0.372 e. The molecule has 1 aliphatic rings. The molecule has 0 radical (unpaired) electrons. The molecule has 0 N–H and O–H groups in total. The predicted octanol–water partition coefficient (Wildman–Crippen LogP) is 1.40. The lowest BCUT2D eigenvalue weighted by molar-refractivity contribution is -0.387. The molecule has 1 fully saturated rings. The summed E-state index contributed by atoms with van der Waals surface area (Å²) in [4.78, 5) is 23.2. The van der Waals surface area contributed by atoms with Crippen LogP contribution in [0.1, 0.15) is 6.42 Å². The van der Waals surface area contributed by atoms with Gasteiger partial charge in [0.2, 0.25) is 15.9 Å². The van der Waals surface area contributed by atoms with E-state index in [1.807, 2.05) is 0 Å². The molecule has 1 aromatic rings. The van der Waals surface area contributed by atoms with Crippen molar-refractivity contribution in [3.05, 3.63) is 34.4 Å². The molecule has 2 rings (SSSR count). The number of benzene rings is 1. The fourth-order valence-corrected chi connectivity index (χ4v) is 4.23. The van der Waals surface area contributed by atoms with Gasteiger partial charge in [-0.25, -0.2) is 8.42 Å². The van der Waals surface area contributed by atoms with E-state index in [1.54, 1.807) is 0 Å². The smallest absolute Gasteiger partial charge is 0.372 e. The van der Waals surface area contributed by atoms with Gasteiger partial charge in [-0.05, 0) is 6.07 Å². The number of amides is 1. The van der Waals surface area contributed by atoms with Crippen molar-refractivity contribution in [1.29, 1.82) is 0 Å². The van der Waals surface area contributed by atoms with Crippen LogP contribution in [0.3, 0.4) is 0 Å². The van der Waals surface area contributed by atoms with Crippen LogP contribution in [-0.2, 0) is 19.6 Å². The molecule has 9 nitrogen and oxygen atoms in total. The molecular weight excluding hydrogens is 407 g/mol. The number of hydrogen-bond donors (Lipinski definition) is 0. The number of alkyl halides is 3. The molecular formula is C15H18F3N3O6S. The van der Waals surface area contributed by atoms with Gasteiger partial charge >= 0.3 is 6.18 Å². The SMILES string of the molecule is O=C(CCOCC(F)(F)F)N1CCN(S(=O)(=O)c2ccccc2[N+](=O)[O-])CC1. The average molecular weight is 425 g/mol. The van der Waals surface area contributed by atoms with Gasteiger partial charge in [-0.2, -0.15) is 17.5 Å². The number of nitrogens with zero attached hydrogens (tertiary/aromatic N) is 3. The molecule has 0 saturated carbocycles. The van der Waals surface area contributed by atoms with E-state index in [0.29, 0.717) is 0 Å². The van der Waals surface area contributed by atoms with Crippen LogP contribution in [0, 0.1) is 10.1 Å². The van der Waals surface area contributed by atoms with E-state index in [2.05, 4.69) is 4.74 Å². The van der Waals surface area contributed by atoms with E-state index in [-0.39, 0.29) is 32.6 Å². The van der Waals surface area contributed by atoms with Gasteiger partial charge in [0.25, 0.3) is 5.69 Å². The Hall–Kier alpha value is -2.25. The maximum absolute atomic E-state index is 12.7. The standard InChI is InChI=1S/C15H18F3N3O6S/c16-15(17,18)11-27-10-5-14(22)19-6-8-20(9-7-19)28(25,26)13-4-2-1-3-12(13)21(23)24/h1-4H,5-11H2. The lowest BCUT2D eigenvalue weighted by Crippen LogP contribution is -2.50. The van der Waals surface area contributed by atoms with E-state index in [1.165, 1.54) is 17.0 Å². The summed E-state index contributed by atoms with van der Waals surface area (Å²) in [6.07, 6.45) is -4.73. The minimum absolute atomic E-state index is 0.0258. The third-order valence-electron chi connectivity index (χ3n) is 4.00. The summed E-state index contributed by atoms with van der Waals surface area (Å²) in [5.74, 6) is -0.454. The lowest BCUT2D eigenvalue weighted by atomic mass is 10.3. The molecule has 28 heavy (non-hydrogen) atoms. The maximum Gasteiger partial charge on any atom is 0.411 e. The summed E-state index contributed by atoms with van der Waals surface area (Å²) in [5, 5.41) is 11.1. The number of nitro groups is 1. The van der Waals surface area contributed by atoms with Crippen molar-refractivity contribution in [3.8, 4) is 0 Å². The van der Waals surface area contributed by atoms with Crippen molar-refractivity contribution in [1.82, 2.24) is 9.21 Å². The third kappa shape index (κ3) is 5.62. The van der Waals surface area contributed by atoms with Crippen LogP contribution in [-0.4, -0.2) is 74.0 Å². The van der Waals surface area contributed by atoms with Crippen LogP contribution in [0.2, 0.25) is 0 Å². The highest BCUT2D eigenvalue weighted by Crippen LogP contribution is 2.27. The lowest BCUT2D eigenvalue weighted by Gasteiger charge is -2.34. The zero-order chi connectivity index (χ0) is 20.9. The zero-order valence-electron chi connectivity index (χ0n) is 14.6. The first kappa shape index (κ1) is 22.0. The molecule has 0 atom stereocenters. The van der Waals surface area contributed by atoms with Crippen LogP contribution in [0.4, 0.5) is 18.9 Å². The molecule has 1 amide bonds. The predicted molar refractivity (Wildman–Crippen MR) is 89.9 cm³/mol. The highest BCUT2D eigenvalue weighted by molar-refractivity contribution is 7.89. The van der Waals surface area contributed by atoms with Crippen molar-refractivity contribution in [2.45, 2.75) is 17.5 Å². The topological polar surface area (TPSA) is 110 Å². The Morgan fingerprint density at radius 1 is 1.18 bits per heavy atom. The van der Waals surface area contributed by atoms with Crippen molar-refractivity contribution in [3.63, 3.8) is 0 Å². The number of sulfonamides is 1. The maximum atomic E-state index is 12.7. The Morgan fingerprint density at radius 2 is 1.79 bits per heavy atom. The molecule has 1 aromatic carbocycles. The first-order valence-electron chi connectivity index (χ1n) is 8.18.